The third-order valence-corrected chi connectivity index (χ3v) is 4.58. The van der Waals surface area contributed by atoms with Gasteiger partial charge in [-0.1, -0.05) is 6.07 Å². The molecule has 2 rings (SSSR count). The van der Waals surface area contributed by atoms with Gasteiger partial charge in [-0.15, -0.1) is 0 Å². The van der Waals surface area contributed by atoms with Crippen LogP contribution >= 0.6 is 15.9 Å². The summed E-state index contributed by atoms with van der Waals surface area (Å²) in [5.41, 5.74) is 0.485. The predicted octanol–water partition coefficient (Wildman–Crippen LogP) is 3.84. The molecule has 2 aromatic rings. The van der Waals surface area contributed by atoms with E-state index in [1.807, 2.05) is 0 Å². The monoisotopic (exact) mass is 361 g/mol. The van der Waals surface area contributed by atoms with Gasteiger partial charge in [-0.2, -0.15) is 0 Å². The van der Waals surface area contributed by atoms with Gasteiger partial charge >= 0.3 is 0 Å². The lowest BCUT2D eigenvalue weighted by atomic mass is 10.2. The molecule has 0 saturated heterocycles. The largest absolute Gasteiger partial charge is 0.277 e. The Morgan fingerprint density at radius 1 is 1.05 bits per heavy atom. The number of sulfonamides is 1. The van der Waals surface area contributed by atoms with Gasteiger partial charge in [-0.05, 0) is 58.7 Å². The Morgan fingerprint density at radius 3 is 2.35 bits per heavy atom. The molecule has 3 nitrogen and oxygen atoms in total. The fraction of sp³-hybridized carbons (Fsp3) is 0.0769. The first-order valence-electron chi connectivity index (χ1n) is 5.53. The molecule has 20 heavy (non-hydrogen) atoms. The summed E-state index contributed by atoms with van der Waals surface area (Å²) >= 11 is 2.93. The van der Waals surface area contributed by atoms with Gasteiger partial charge < -0.3 is 0 Å². The summed E-state index contributed by atoms with van der Waals surface area (Å²) in [6.45, 7) is 1.69. The van der Waals surface area contributed by atoms with E-state index < -0.39 is 21.7 Å². The Morgan fingerprint density at radius 2 is 1.75 bits per heavy atom. The van der Waals surface area contributed by atoms with E-state index >= 15 is 0 Å². The molecule has 0 bridgehead atoms. The Bertz CT molecular complexity index is 763. The zero-order chi connectivity index (χ0) is 14.9. The predicted molar refractivity (Wildman–Crippen MR) is 76.0 cm³/mol. The van der Waals surface area contributed by atoms with Gasteiger partial charge in [0, 0.05) is 0 Å². The van der Waals surface area contributed by atoms with Crippen molar-refractivity contribution in [3.63, 3.8) is 0 Å². The van der Waals surface area contributed by atoms with Gasteiger partial charge in [0.2, 0.25) is 0 Å². The summed E-state index contributed by atoms with van der Waals surface area (Å²) in [5, 5.41) is 0. The van der Waals surface area contributed by atoms with Crippen molar-refractivity contribution in [3.8, 4) is 0 Å². The summed E-state index contributed by atoms with van der Waals surface area (Å²) in [7, 11) is -4.04. The molecule has 0 aromatic heterocycles. The molecule has 0 unspecified atom stereocenters. The summed E-state index contributed by atoms with van der Waals surface area (Å²) in [4.78, 5) is -0.279. The van der Waals surface area contributed by atoms with E-state index in [4.69, 9.17) is 0 Å². The highest BCUT2D eigenvalue weighted by Gasteiger charge is 2.17. The molecule has 0 atom stereocenters. The molecule has 0 aliphatic carbocycles. The molecule has 0 radical (unpaired) electrons. The fourth-order valence-electron chi connectivity index (χ4n) is 1.55. The van der Waals surface area contributed by atoms with E-state index in [0.29, 0.717) is 5.56 Å². The topological polar surface area (TPSA) is 46.2 Å². The number of benzene rings is 2. The first-order chi connectivity index (χ1) is 9.29. The molecule has 0 aliphatic heterocycles. The maximum atomic E-state index is 13.6. The first kappa shape index (κ1) is 14.9. The molecule has 1 N–H and O–H groups in total. The molecule has 106 valence electrons. The molecular weight excluding hydrogens is 352 g/mol. The second-order valence-electron chi connectivity index (χ2n) is 4.16. The SMILES string of the molecule is Cc1ccc(NS(=O)(=O)c2ccc(Br)c(F)c2)c(F)c1. The molecular formula is C13H10BrF2NO2S. The molecule has 0 saturated carbocycles. The molecule has 7 heteroatoms. The van der Waals surface area contributed by atoms with Crippen molar-refractivity contribution in [1.82, 2.24) is 0 Å². The smallest absolute Gasteiger partial charge is 0.262 e. The van der Waals surface area contributed by atoms with Crippen molar-refractivity contribution in [2.24, 2.45) is 0 Å². The van der Waals surface area contributed by atoms with E-state index in [9.17, 15) is 17.2 Å². The average Bonchev–Trinajstić information content (AvgIpc) is 2.36. The van der Waals surface area contributed by atoms with E-state index in [0.717, 1.165) is 6.07 Å². The number of hydrogen-bond donors (Lipinski definition) is 1. The number of halogens is 3. The van der Waals surface area contributed by atoms with E-state index in [-0.39, 0.29) is 15.1 Å². The van der Waals surface area contributed by atoms with E-state index in [1.54, 1.807) is 13.0 Å². The van der Waals surface area contributed by atoms with Crippen molar-refractivity contribution in [2.45, 2.75) is 11.8 Å². The third-order valence-electron chi connectivity index (χ3n) is 2.57. The van der Waals surface area contributed by atoms with Crippen LogP contribution in [0.25, 0.3) is 0 Å². The van der Waals surface area contributed by atoms with Crippen molar-refractivity contribution >= 4 is 31.6 Å². The molecule has 0 aliphatic rings. The lowest BCUT2D eigenvalue weighted by molar-refractivity contribution is 0.592. The number of hydrogen-bond acceptors (Lipinski definition) is 2. The molecule has 0 amide bonds. The van der Waals surface area contributed by atoms with Gasteiger partial charge in [0.1, 0.15) is 11.6 Å². The van der Waals surface area contributed by atoms with Crippen LogP contribution in [0, 0.1) is 18.6 Å². The highest BCUT2D eigenvalue weighted by molar-refractivity contribution is 9.10. The third kappa shape index (κ3) is 3.16. The zero-order valence-corrected chi connectivity index (χ0v) is 12.7. The number of anilines is 1. The van der Waals surface area contributed by atoms with Crippen LogP contribution in [0.1, 0.15) is 5.56 Å². The van der Waals surface area contributed by atoms with Crippen LogP contribution in [0.3, 0.4) is 0 Å². The summed E-state index contributed by atoms with van der Waals surface area (Å²) < 4.78 is 53.3. The van der Waals surface area contributed by atoms with Crippen LogP contribution in [0.15, 0.2) is 45.8 Å². The van der Waals surface area contributed by atoms with Crippen LogP contribution in [-0.4, -0.2) is 8.42 Å². The minimum atomic E-state index is -4.04. The highest BCUT2D eigenvalue weighted by atomic mass is 79.9. The van der Waals surface area contributed by atoms with Crippen molar-refractivity contribution in [2.75, 3.05) is 4.72 Å². The Kier molecular flexibility index (Phi) is 4.10. The highest BCUT2D eigenvalue weighted by Crippen LogP contribution is 2.23. The minimum absolute atomic E-state index is 0.151. The quantitative estimate of drug-likeness (QED) is 0.902. The maximum absolute atomic E-state index is 13.6. The lowest BCUT2D eigenvalue weighted by Crippen LogP contribution is -2.14. The summed E-state index contributed by atoms with van der Waals surface area (Å²) in [5.74, 6) is -1.40. The molecule has 2 aromatic carbocycles. The second-order valence-corrected chi connectivity index (χ2v) is 6.70. The average molecular weight is 362 g/mol. The summed E-state index contributed by atoms with van der Waals surface area (Å²) in [6.07, 6.45) is 0. The van der Waals surface area contributed by atoms with Crippen molar-refractivity contribution < 1.29 is 17.2 Å². The van der Waals surface area contributed by atoms with Crippen LogP contribution < -0.4 is 4.72 Å². The summed E-state index contributed by atoms with van der Waals surface area (Å²) in [6, 6.07) is 7.45. The van der Waals surface area contributed by atoms with Crippen LogP contribution in [0.4, 0.5) is 14.5 Å². The number of rotatable bonds is 3. The van der Waals surface area contributed by atoms with Gasteiger partial charge in [-0.3, -0.25) is 4.72 Å². The minimum Gasteiger partial charge on any atom is -0.277 e. The maximum Gasteiger partial charge on any atom is 0.262 e. The van der Waals surface area contributed by atoms with E-state index in [2.05, 4.69) is 20.7 Å². The van der Waals surface area contributed by atoms with Gasteiger partial charge in [0.15, 0.2) is 0 Å². The second kappa shape index (κ2) is 5.49. The first-order valence-corrected chi connectivity index (χ1v) is 7.81. The number of aryl methyl sites for hydroxylation is 1. The molecule has 0 spiro atoms. The van der Waals surface area contributed by atoms with E-state index in [1.165, 1.54) is 24.3 Å². The molecule has 0 fully saturated rings. The zero-order valence-electron chi connectivity index (χ0n) is 10.3. The van der Waals surface area contributed by atoms with Crippen LogP contribution in [-0.2, 0) is 10.0 Å². The Labute approximate surface area is 123 Å². The van der Waals surface area contributed by atoms with Crippen LogP contribution in [0.5, 0.6) is 0 Å². The molecule has 0 heterocycles. The normalized spacial score (nSPS) is 11.4. The fourth-order valence-corrected chi connectivity index (χ4v) is 2.88. The van der Waals surface area contributed by atoms with Crippen molar-refractivity contribution in [3.05, 3.63) is 58.1 Å². The number of nitrogens with one attached hydrogen (secondary N) is 1. The Hall–Kier alpha value is -1.47. The van der Waals surface area contributed by atoms with Gasteiger partial charge in [0.25, 0.3) is 10.0 Å². The Balaban J connectivity index is 2.38. The van der Waals surface area contributed by atoms with Crippen molar-refractivity contribution in [1.29, 1.82) is 0 Å². The van der Waals surface area contributed by atoms with Crippen LogP contribution in [0.2, 0.25) is 0 Å². The standard InChI is InChI=1S/C13H10BrF2NO2S/c1-8-2-5-13(12(16)6-8)17-20(18,19)9-3-4-10(14)11(15)7-9/h2-7,17H,1H3. The van der Waals surface area contributed by atoms with Gasteiger partial charge in [0.05, 0.1) is 15.1 Å². The van der Waals surface area contributed by atoms with Gasteiger partial charge in [-0.25, -0.2) is 17.2 Å². The lowest BCUT2D eigenvalue weighted by Gasteiger charge is -2.09.